The third-order valence-electron chi connectivity index (χ3n) is 4.34. The number of phenolic OH excluding ortho intramolecular Hbond substituents is 1. The molecule has 0 unspecified atom stereocenters. The molecule has 3 rings (SSSR count). The lowest BCUT2D eigenvalue weighted by Crippen LogP contribution is -1.92. The fourth-order valence-electron chi connectivity index (χ4n) is 3.12. The SMILES string of the molecule is CCCCCc1c(C)cc2cc3ccccc3cc2c1O. The fourth-order valence-corrected chi connectivity index (χ4v) is 3.12. The summed E-state index contributed by atoms with van der Waals surface area (Å²) in [5.74, 6) is 0.479. The molecule has 1 N–H and O–H groups in total. The van der Waals surface area contributed by atoms with Crippen molar-refractivity contribution in [3.8, 4) is 5.75 Å². The third-order valence-corrected chi connectivity index (χ3v) is 4.34. The topological polar surface area (TPSA) is 20.2 Å². The van der Waals surface area contributed by atoms with E-state index in [0.29, 0.717) is 5.75 Å². The summed E-state index contributed by atoms with van der Waals surface area (Å²) in [7, 11) is 0. The van der Waals surface area contributed by atoms with Gasteiger partial charge >= 0.3 is 0 Å². The van der Waals surface area contributed by atoms with Gasteiger partial charge in [0.2, 0.25) is 0 Å². The molecule has 0 saturated carbocycles. The van der Waals surface area contributed by atoms with E-state index < -0.39 is 0 Å². The first kappa shape index (κ1) is 13.9. The van der Waals surface area contributed by atoms with Gasteiger partial charge in [0.05, 0.1) is 0 Å². The Labute approximate surface area is 126 Å². The first-order chi connectivity index (χ1) is 10.2. The second-order valence-corrected chi connectivity index (χ2v) is 5.90. The van der Waals surface area contributed by atoms with E-state index in [4.69, 9.17) is 0 Å². The van der Waals surface area contributed by atoms with Crippen molar-refractivity contribution in [3.05, 3.63) is 53.6 Å². The molecule has 0 fully saturated rings. The number of aromatic hydroxyl groups is 1. The number of benzene rings is 3. The van der Waals surface area contributed by atoms with Crippen molar-refractivity contribution < 1.29 is 5.11 Å². The molecular formula is C20H22O. The fraction of sp³-hybridized carbons (Fsp3) is 0.300. The van der Waals surface area contributed by atoms with Crippen LogP contribution >= 0.6 is 0 Å². The third kappa shape index (κ3) is 2.61. The van der Waals surface area contributed by atoms with E-state index in [1.165, 1.54) is 29.2 Å². The molecule has 0 amide bonds. The van der Waals surface area contributed by atoms with E-state index in [-0.39, 0.29) is 0 Å². The lowest BCUT2D eigenvalue weighted by atomic mass is 9.94. The monoisotopic (exact) mass is 278 g/mol. The van der Waals surface area contributed by atoms with E-state index in [1.54, 1.807) is 0 Å². The standard InChI is InChI=1S/C20H22O/c1-3-4-5-10-18-14(2)11-17-12-15-8-6-7-9-16(15)13-19(17)20(18)21/h6-9,11-13,21H,3-5,10H2,1-2H3. The summed E-state index contributed by atoms with van der Waals surface area (Å²) in [4.78, 5) is 0. The van der Waals surface area contributed by atoms with Crippen LogP contribution in [0.2, 0.25) is 0 Å². The van der Waals surface area contributed by atoms with Crippen molar-refractivity contribution >= 4 is 21.5 Å². The van der Waals surface area contributed by atoms with Crippen LogP contribution in [0.5, 0.6) is 5.75 Å². The quantitative estimate of drug-likeness (QED) is 0.476. The molecule has 1 nitrogen and oxygen atoms in total. The summed E-state index contributed by atoms with van der Waals surface area (Å²) in [6.07, 6.45) is 4.53. The number of aryl methyl sites for hydroxylation is 1. The molecule has 0 saturated heterocycles. The maximum absolute atomic E-state index is 10.7. The molecule has 0 aliphatic carbocycles. The highest BCUT2D eigenvalue weighted by atomic mass is 16.3. The van der Waals surface area contributed by atoms with Gasteiger partial charge in [-0.1, -0.05) is 50.1 Å². The maximum atomic E-state index is 10.7. The summed E-state index contributed by atoms with van der Waals surface area (Å²) < 4.78 is 0. The van der Waals surface area contributed by atoms with Crippen LogP contribution in [-0.4, -0.2) is 5.11 Å². The zero-order valence-electron chi connectivity index (χ0n) is 12.8. The average molecular weight is 278 g/mol. The number of hydrogen-bond donors (Lipinski definition) is 1. The zero-order valence-corrected chi connectivity index (χ0v) is 12.8. The smallest absolute Gasteiger partial charge is 0.126 e. The first-order valence-corrected chi connectivity index (χ1v) is 7.84. The number of hydrogen-bond acceptors (Lipinski definition) is 1. The van der Waals surface area contributed by atoms with E-state index in [2.05, 4.69) is 50.2 Å². The molecule has 108 valence electrons. The second-order valence-electron chi connectivity index (χ2n) is 5.90. The number of rotatable bonds is 4. The minimum Gasteiger partial charge on any atom is -0.507 e. The molecule has 0 bridgehead atoms. The number of fused-ring (bicyclic) bond motifs is 2. The lowest BCUT2D eigenvalue weighted by molar-refractivity contribution is 0.472. The summed E-state index contributed by atoms with van der Waals surface area (Å²) >= 11 is 0. The Balaban J connectivity index is 2.15. The predicted molar refractivity (Wildman–Crippen MR) is 91.1 cm³/mol. The normalized spacial score (nSPS) is 11.3. The van der Waals surface area contributed by atoms with Crippen molar-refractivity contribution in [2.45, 2.75) is 39.5 Å². The van der Waals surface area contributed by atoms with Gasteiger partial charge in [0, 0.05) is 5.39 Å². The van der Waals surface area contributed by atoms with Gasteiger partial charge in [-0.25, -0.2) is 0 Å². The van der Waals surface area contributed by atoms with E-state index in [1.807, 2.05) is 6.07 Å². The molecule has 0 aromatic heterocycles. The van der Waals surface area contributed by atoms with Crippen LogP contribution < -0.4 is 0 Å². The molecule has 0 aliphatic rings. The van der Waals surface area contributed by atoms with Crippen LogP contribution in [-0.2, 0) is 6.42 Å². The molecule has 0 spiro atoms. The van der Waals surface area contributed by atoms with Crippen LogP contribution in [0.25, 0.3) is 21.5 Å². The number of phenols is 1. The van der Waals surface area contributed by atoms with E-state index in [9.17, 15) is 5.11 Å². The highest BCUT2D eigenvalue weighted by molar-refractivity contribution is 6.01. The van der Waals surface area contributed by atoms with Gasteiger partial charge in [0.15, 0.2) is 0 Å². The minimum absolute atomic E-state index is 0.479. The molecule has 0 aliphatic heterocycles. The van der Waals surface area contributed by atoms with Crippen molar-refractivity contribution in [2.75, 3.05) is 0 Å². The largest absolute Gasteiger partial charge is 0.507 e. The maximum Gasteiger partial charge on any atom is 0.126 e. The van der Waals surface area contributed by atoms with Gasteiger partial charge in [-0.3, -0.25) is 0 Å². The minimum atomic E-state index is 0.479. The van der Waals surface area contributed by atoms with Gasteiger partial charge in [-0.15, -0.1) is 0 Å². The Hall–Kier alpha value is -2.02. The van der Waals surface area contributed by atoms with Crippen molar-refractivity contribution in [3.63, 3.8) is 0 Å². The van der Waals surface area contributed by atoms with Gasteiger partial charge in [-0.2, -0.15) is 0 Å². The van der Waals surface area contributed by atoms with Crippen molar-refractivity contribution in [1.82, 2.24) is 0 Å². The molecule has 21 heavy (non-hydrogen) atoms. The van der Waals surface area contributed by atoms with Gasteiger partial charge in [-0.05, 0) is 59.2 Å². The van der Waals surface area contributed by atoms with Crippen LogP contribution in [0.15, 0.2) is 42.5 Å². The lowest BCUT2D eigenvalue weighted by Gasteiger charge is -2.13. The number of unbranched alkanes of at least 4 members (excludes halogenated alkanes) is 2. The molecule has 0 radical (unpaired) electrons. The summed E-state index contributed by atoms with van der Waals surface area (Å²) in [6, 6.07) is 14.8. The van der Waals surface area contributed by atoms with Gasteiger partial charge in [0.1, 0.15) is 5.75 Å². The summed E-state index contributed by atoms with van der Waals surface area (Å²) in [6.45, 7) is 4.31. The van der Waals surface area contributed by atoms with Crippen LogP contribution in [0.4, 0.5) is 0 Å². The van der Waals surface area contributed by atoms with Crippen molar-refractivity contribution in [1.29, 1.82) is 0 Å². The van der Waals surface area contributed by atoms with E-state index >= 15 is 0 Å². The predicted octanol–water partition coefficient (Wildman–Crippen LogP) is 5.74. The van der Waals surface area contributed by atoms with Crippen LogP contribution in [0.1, 0.15) is 37.3 Å². The molecule has 1 heteroatoms. The van der Waals surface area contributed by atoms with E-state index in [0.717, 1.165) is 29.2 Å². The Morgan fingerprint density at radius 1 is 0.905 bits per heavy atom. The average Bonchev–Trinajstić information content (AvgIpc) is 2.49. The molecule has 3 aromatic rings. The highest BCUT2D eigenvalue weighted by Gasteiger charge is 2.11. The Bertz CT molecular complexity index is 787. The van der Waals surface area contributed by atoms with Gasteiger partial charge < -0.3 is 5.11 Å². The van der Waals surface area contributed by atoms with Gasteiger partial charge in [0.25, 0.3) is 0 Å². The molecule has 0 atom stereocenters. The second kappa shape index (κ2) is 5.77. The first-order valence-electron chi connectivity index (χ1n) is 7.84. The Morgan fingerprint density at radius 3 is 2.33 bits per heavy atom. The molecular weight excluding hydrogens is 256 g/mol. The van der Waals surface area contributed by atoms with Crippen LogP contribution in [0, 0.1) is 6.92 Å². The highest BCUT2D eigenvalue weighted by Crippen LogP contribution is 2.35. The zero-order chi connectivity index (χ0) is 14.8. The summed E-state index contributed by atoms with van der Waals surface area (Å²) in [5.41, 5.74) is 2.32. The molecule has 0 heterocycles. The Kier molecular flexibility index (Phi) is 3.83. The molecule has 3 aromatic carbocycles. The van der Waals surface area contributed by atoms with Crippen molar-refractivity contribution in [2.24, 2.45) is 0 Å². The summed E-state index contributed by atoms with van der Waals surface area (Å²) in [5, 5.41) is 15.2. The Morgan fingerprint density at radius 2 is 1.62 bits per heavy atom. The van der Waals surface area contributed by atoms with Crippen LogP contribution in [0.3, 0.4) is 0 Å².